The molecule has 0 fully saturated rings. The first-order chi connectivity index (χ1) is 8.47. The Kier molecular flexibility index (Phi) is 14.8. The van der Waals surface area contributed by atoms with Crippen molar-refractivity contribution in [3.05, 3.63) is 18.2 Å². The van der Waals surface area contributed by atoms with E-state index in [1.807, 2.05) is 0 Å². The van der Waals surface area contributed by atoms with Crippen LogP contribution in [0.2, 0.25) is 0 Å². The number of nitrogens with two attached hydrogens (primary N) is 1. The summed E-state index contributed by atoms with van der Waals surface area (Å²) in [5, 5.41) is 14.1. The van der Waals surface area contributed by atoms with Crippen LogP contribution in [0.5, 0.6) is 0 Å². The standard InChI is InChI=1S/C5H9N3.2HO4P.2H2/c6-2-1-5-3-7-4-8-5;2*1-4-5(2)3;;/h3-4H,1-2,6H2,(H,7,8);2*1H;2*1H. The second kappa shape index (κ2) is 13.9. The van der Waals surface area contributed by atoms with Crippen molar-refractivity contribution in [3.63, 3.8) is 0 Å². The number of nitrogens with one attached hydrogen (secondary N) is 1. The molecule has 0 atom stereocenters. The highest BCUT2D eigenvalue weighted by molar-refractivity contribution is 7.24. The van der Waals surface area contributed by atoms with Gasteiger partial charge in [0.05, 0.1) is 6.33 Å². The van der Waals surface area contributed by atoms with Crippen molar-refractivity contribution < 1.29 is 41.0 Å². The molecule has 0 aliphatic heterocycles. The van der Waals surface area contributed by atoms with Crippen molar-refractivity contribution in [2.24, 2.45) is 5.73 Å². The lowest BCUT2D eigenvalue weighted by Crippen LogP contribution is -2.02. The van der Waals surface area contributed by atoms with Gasteiger partial charge in [-0.15, -0.1) is 9.35 Å². The van der Waals surface area contributed by atoms with E-state index >= 15 is 0 Å². The minimum Gasteiger partial charge on any atom is -0.348 e. The summed E-state index contributed by atoms with van der Waals surface area (Å²) in [7, 11) is -6.09. The number of H-pyrrole nitrogens is 1. The first-order valence-corrected chi connectivity index (χ1v) is 6.26. The average Bonchev–Trinajstić information content (AvgIpc) is 2.84. The lowest BCUT2D eigenvalue weighted by molar-refractivity contribution is -0.132. The number of aromatic nitrogens is 2. The van der Waals surface area contributed by atoms with Crippen molar-refractivity contribution in [2.45, 2.75) is 6.42 Å². The summed E-state index contributed by atoms with van der Waals surface area (Å²) in [5.41, 5.74) is 6.38. The molecule has 1 rings (SSSR count). The van der Waals surface area contributed by atoms with Crippen LogP contribution in [0.1, 0.15) is 8.55 Å². The van der Waals surface area contributed by atoms with Gasteiger partial charge in [0.1, 0.15) is 0 Å². The highest BCUT2D eigenvalue weighted by atomic mass is 31.1. The van der Waals surface area contributed by atoms with Crippen LogP contribution in [0.4, 0.5) is 0 Å². The van der Waals surface area contributed by atoms with Gasteiger partial charge < -0.3 is 10.7 Å². The van der Waals surface area contributed by atoms with Crippen molar-refractivity contribution in [1.29, 1.82) is 0 Å². The molecule has 5 N–H and O–H groups in total. The van der Waals surface area contributed by atoms with Crippen LogP contribution < -0.4 is 5.73 Å². The van der Waals surface area contributed by atoms with Crippen molar-refractivity contribution >= 4 is 15.8 Å². The maximum atomic E-state index is 8.93. The zero-order chi connectivity index (χ0) is 14.4. The highest BCUT2D eigenvalue weighted by Crippen LogP contribution is 1.97. The molecule has 0 unspecified atom stereocenters. The molecule has 1 aromatic heterocycles. The molecule has 18 heavy (non-hydrogen) atoms. The molecule has 0 amide bonds. The Balaban J connectivity index is -0.0000000960. The lowest BCUT2D eigenvalue weighted by Gasteiger charge is -1.86. The molecule has 108 valence electrons. The molecular weight excluding hydrogens is 292 g/mol. The van der Waals surface area contributed by atoms with E-state index in [9.17, 15) is 0 Å². The third-order valence-electron chi connectivity index (χ3n) is 1.10. The summed E-state index contributed by atoms with van der Waals surface area (Å²) in [4.78, 5) is 6.78. The van der Waals surface area contributed by atoms with Gasteiger partial charge in [-0.25, -0.2) is 33.8 Å². The summed E-state index contributed by atoms with van der Waals surface area (Å²) in [5.74, 6) is 0. The summed E-state index contributed by atoms with van der Waals surface area (Å²) < 4.78 is 41.1. The Morgan fingerprint density at radius 1 is 1.28 bits per heavy atom. The average molecular weight is 307 g/mol. The third-order valence-corrected chi connectivity index (χ3v) is 1.37. The van der Waals surface area contributed by atoms with Crippen LogP contribution in [-0.2, 0) is 34.0 Å². The number of aromatic amines is 1. The van der Waals surface area contributed by atoms with E-state index in [0.29, 0.717) is 6.54 Å². The van der Waals surface area contributed by atoms with Gasteiger partial charge in [0.25, 0.3) is 0 Å². The van der Waals surface area contributed by atoms with E-state index in [4.69, 9.17) is 34.5 Å². The smallest absolute Gasteiger partial charge is 0.348 e. The van der Waals surface area contributed by atoms with Crippen LogP contribution in [0.15, 0.2) is 12.5 Å². The van der Waals surface area contributed by atoms with Crippen molar-refractivity contribution in [2.75, 3.05) is 6.54 Å². The largest absolute Gasteiger partial charge is 0.496 e. The number of nitrogens with zero attached hydrogens (tertiary/aromatic N) is 1. The zero-order valence-corrected chi connectivity index (χ0v) is 10.6. The minimum atomic E-state index is -3.04. The molecule has 0 aliphatic carbocycles. The monoisotopic (exact) mass is 307 g/mol. The fourth-order valence-electron chi connectivity index (χ4n) is 0.577. The number of imidazole rings is 1. The fraction of sp³-hybridized carbons (Fsp3) is 0.400. The first kappa shape index (κ1) is 19.2. The second-order valence-electron chi connectivity index (χ2n) is 2.23. The molecule has 0 bridgehead atoms. The second-order valence-corrected chi connectivity index (χ2v) is 3.45. The third kappa shape index (κ3) is 17.2. The lowest BCUT2D eigenvalue weighted by atomic mass is 10.3. The maximum absolute atomic E-state index is 8.93. The zero-order valence-electron chi connectivity index (χ0n) is 8.83. The van der Waals surface area contributed by atoms with E-state index in [1.165, 1.54) is 0 Å². The minimum absolute atomic E-state index is 0. The summed E-state index contributed by atoms with van der Waals surface area (Å²) in [6.45, 7) is 0.683. The van der Waals surface area contributed by atoms with Crippen LogP contribution in [0.25, 0.3) is 0 Å². The SMILES string of the molecule is NCCc1cnc[nH]1.O=P(=O)OO.O=P(=O)OO.[HH].[HH]. The Morgan fingerprint density at radius 3 is 1.94 bits per heavy atom. The Labute approximate surface area is 105 Å². The fourth-order valence-corrected chi connectivity index (χ4v) is 0.577. The number of rotatable bonds is 4. The quantitative estimate of drug-likeness (QED) is 0.361. The van der Waals surface area contributed by atoms with Crippen molar-refractivity contribution in [1.82, 2.24) is 9.97 Å². The molecule has 0 spiro atoms. The molecule has 0 aromatic carbocycles. The van der Waals surface area contributed by atoms with Gasteiger partial charge in [0.15, 0.2) is 0 Å². The van der Waals surface area contributed by atoms with Gasteiger partial charge in [-0.1, -0.05) is 0 Å². The topological polar surface area (TPSA) is 182 Å². The van der Waals surface area contributed by atoms with E-state index in [1.54, 1.807) is 12.5 Å². The predicted molar refractivity (Wildman–Crippen MR) is 59.6 cm³/mol. The maximum Gasteiger partial charge on any atom is 0.496 e. The molecular formula is C5H15N3O8P2. The van der Waals surface area contributed by atoms with E-state index in [0.717, 1.165) is 12.1 Å². The van der Waals surface area contributed by atoms with Gasteiger partial charge in [-0.2, -0.15) is 0 Å². The molecule has 0 saturated heterocycles. The first-order valence-electron chi connectivity index (χ1n) is 4.07. The number of hydrogen-bond acceptors (Lipinski definition) is 10. The summed E-state index contributed by atoms with van der Waals surface area (Å²) >= 11 is 0. The van der Waals surface area contributed by atoms with Gasteiger partial charge >= 0.3 is 15.8 Å². The van der Waals surface area contributed by atoms with Crippen LogP contribution in [0, 0.1) is 0 Å². The van der Waals surface area contributed by atoms with Crippen molar-refractivity contribution in [3.8, 4) is 0 Å². The molecule has 1 aromatic rings. The van der Waals surface area contributed by atoms with Crippen LogP contribution in [-0.4, -0.2) is 27.0 Å². The summed E-state index contributed by atoms with van der Waals surface area (Å²) in [6, 6.07) is 0. The van der Waals surface area contributed by atoms with E-state index in [2.05, 4.69) is 19.3 Å². The molecule has 13 heteroatoms. The van der Waals surface area contributed by atoms with Gasteiger partial charge in [0, 0.05) is 21.2 Å². The van der Waals surface area contributed by atoms with Gasteiger partial charge in [-0.05, 0) is 6.54 Å². The molecule has 0 aliphatic rings. The molecule has 0 saturated carbocycles. The summed E-state index contributed by atoms with van der Waals surface area (Å²) in [6.07, 6.45) is 4.33. The molecule has 1 heterocycles. The normalized spacial score (nSPS) is 8.39. The highest BCUT2D eigenvalue weighted by Gasteiger charge is 1.87. The molecule has 0 radical (unpaired) electrons. The van der Waals surface area contributed by atoms with Gasteiger partial charge in [0.2, 0.25) is 0 Å². The number of hydrogen-bond donors (Lipinski definition) is 4. The predicted octanol–water partition coefficient (Wildman–Crippen LogP) is 1.53. The Morgan fingerprint density at radius 2 is 1.72 bits per heavy atom. The van der Waals surface area contributed by atoms with Gasteiger partial charge in [-0.3, -0.25) is 0 Å². The van der Waals surface area contributed by atoms with E-state index in [-0.39, 0.29) is 2.85 Å². The van der Waals surface area contributed by atoms with Crippen LogP contribution >= 0.6 is 15.8 Å². The molecule has 11 nitrogen and oxygen atoms in total. The van der Waals surface area contributed by atoms with E-state index < -0.39 is 15.8 Å². The Hall–Kier alpha value is -1.19. The Bertz CT molecular complexity index is 386. The van der Waals surface area contributed by atoms with Crippen LogP contribution in [0.3, 0.4) is 0 Å².